The molecule has 1 rings (SSSR count). The highest BCUT2D eigenvalue weighted by Gasteiger charge is 2.19. The van der Waals surface area contributed by atoms with Crippen LogP contribution in [0, 0.1) is 0 Å². The van der Waals surface area contributed by atoms with Gasteiger partial charge in [-0.3, -0.25) is 0 Å². The van der Waals surface area contributed by atoms with E-state index in [0.717, 1.165) is 0 Å². The summed E-state index contributed by atoms with van der Waals surface area (Å²) in [5, 5.41) is -1.34. The molecule has 12 heavy (non-hydrogen) atoms. The summed E-state index contributed by atoms with van der Waals surface area (Å²) in [6, 6.07) is 0. The third-order valence-electron chi connectivity index (χ3n) is 1.18. The second-order valence-electron chi connectivity index (χ2n) is 2.02. The Hall–Kier alpha value is -0.290. The number of rotatable bonds is 2. The van der Waals surface area contributed by atoms with Gasteiger partial charge in [-0.15, -0.1) is 11.6 Å². The van der Waals surface area contributed by atoms with Crippen molar-refractivity contribution in [1.82, 2.24) is 9.97 Å². The van der Waals surface area contributed by atoms with E-state index in [1.165, 1.54) is 12.4 Å². The highest BCUT2D eigenvalue weighted by molar-refractivity contribution is 9.10. The first kappa shape index (κ1) is 9.80. The molecular weight excluding hydrogens is 253 g/mol. The normalized spacial score (nSPS) is 13.4. The monoisotopic (exact) mass is 256 g/mol. The van der Waals surface area contributed by atoms with Gasteiger partial charge in [-0.05, 0) is 15.9 Å². The lowest BCUT2D eigenvalue weighted by atomic mass is 10.2. The van der Waals surface area contributed by atoms with Crippen molar-refractivity contribution in [2.75, 3.05) is 0 Å². The molecule has 0 radical (unpaired) electrons. The van der Waals surface area contributed by atoms with Crippen LogP contribution in [0.3, 0.4) is 0 Å². The van der Waals surface area contributed by atoms with Gasteiger partial charge in [0, 0.05) is 18.0 Å². The first-order chi connectivity index (χ1) is 5.61. The second-order valence-corrected chi connectivity index (χ2v) is 3.20. The maximum atomic E-state index is 12.0. The maximum absolute atomic E-state index is 12.0. The van der Waals surface area contributed by atoms with Gasteiger partial charge >= 0.3 is 0 Å². The fourth-order valence-corrected chi connectivity index (χ4v) is 0.928. The number of hydrogen-bond acceptors (Lipinski definition) is 2. The molecule has 2 nitrogen and oxygen atoms in total. The maximum Gasteiger partial charge on any atom is 0.258 e. The Labute approximate surface area is 81.1 Å². The summed E-state index contributed by atoms with van der Waals surface area (Å²) in [7, 11) is 0. The predicted molar refractivity (Wildman–Crippen MR) is 44.3 cm³/mol. The quantitative estimate of drug-likeness (QED) is 0.601. The average Bonchev–Trinajstić information content (AvgIpc) is 2.04. The van der Waals surface area contributed by atoms with E-state index >= 15 is 0 Å². The Morgan fingerprint density at radius 2 is 1.83 bits per heavy atom. The van der Waals surface area contributed by atoms with Gasteiger partial charge in [-0.1, -0.05) is 0 Å². The molecule has 0 amide bonds. The molecule has 1 heterocycles. The van der Waals surface area contributed by atoms with Crippen LogP contribution in [0.4, 0.5) is 8.78 Å². The van der Waals surface area contributed by atoms with Crippen molar-refractivity contribution in [3.8, 4) is 0 Å². The van der Waals surface area contributed by atoms with Crippen molar-refractivity contribution in [1.29, 1.82) is 0 Å². The summed E-state index contributed by atoms with van der Waals surface area (Å²) in [4.78, 5) is 7.34. The topological polar surface area (TPSA) is 25.8 Å². The van der Waals surface area contributed by atoms with Gasteiger partial charge in [0.05, 0.1) is 0 Å². The number of halogens is 4. The molecule has 0 N–H and O–H groups in total. The molecule has 0 aliphatic rings. The van der Waals surface area contributed by atoms with E-state index in [2.05, 4.69) is 25.9 Å². The molecule has 1 aromatic heterocycles. The molecular formula is C6H4BrClF2N2. The van der Waals surface area contributed by atoms with Gasteiger partial charge in [0.25, 0.3) is 6.43 Å². The molecule has 1 aromatic rings. The summed E-state index contributed by atoms with van der Waals surface area (Å²) in [6.07, 6.45) is -0.0709. The van der Waals surface area contributed by atoms with Crippen LogP contribution in [-0.4, -0.2) is 16.4 Å². The fraction of sp³-hybridized carbons (Fsp3) is 0.333. The Balaban J connectivity index is 2.82. The van der Waals surface area contributed by atoms with E-state index in [9.17, 15) is 8.78 Å². The van der Waals surface area contributed by atoms with Crippen LogP contribution in [0.2, 0.25) is 0 Å². The molecule has 66 valence electrons. The van der Waals surface area contributed by atoms with Gasteiger partial charge < -0.3 is 0 Å². The molecule has 0 spiro atoms. The van der Waals surface area contributed by atoms with Gasteiger partial charge in [-0.2, -0.15) is 0 Å². The molecule has 1 unspecified atom stereocenters. The number of nitrogens with zero attached hydrogens (tertiary/aromatic N) is 2. The predicted octanol–water partition coefficient (Wildman–Crippen LogP) is 2.78. The van der Waals surface area contributed by atoms with Crippen LogP contribution in [0.1, 0.15) is 10.9 Å². The molecule has 0 bridgehead atoms. The van der Waals surface area contributed by atoms with Crippen LogP contribution in [0.5, 0.6) is 0 Å². The molecule has 0 saturated carbocycles. The molecule has 0 saturated heterocycles. The Kier molecular flexibility index (Phi) is 3.34. The molecule has 0 aliphatic carbocycles. The molecule has 0 aromatic carbocycles. The number of alkyl halides is 3. The van der Waals surface area contributed by atoms with Crippen LogP contribution < -0.4 is 0 Å². The third kappa shape index (κ3) is 2.35. The van der Waals surface area contributed by atoms with Crippen LogP contribution in [-0.2, 0) is 0 Å². The van der Waals surface area contributed by atoms with E-state index in [1.54, 1.807) is 0 Å². The summed E-state index contributed by atoms with van der Waals surface area (Å²) < 4.78 is 24.4. The van der Waals surface area contributed by atoms with Crippen molar-refractivity contribution in [2.45, 2.75) is 11.8 Å². The summed E-state index contributed by atoms with van der Waals surface area (Å²) in [5.41, 5.74) is 0.217. The largest absolute Gasteiger partial charge is 0.258 e. The van der Waals surface area contributed by atoms with Gasteiger partial charge in [0.1, 0.15) is 5.38 Å². The van der Waals surface area contributed by atoms with E-state index in [0.29, 0.717) is 4.73 Å². The molecule has 6 heteroatoms. The van der Waals surface area contributed by atoms with E-state index < -0.39 is 11.8 Å². The van der Waals surface area contributed by atoms with E-state index in [4.69, 9.17) is 11.6 Å². The Morgan fingerprint density at radius 1 is 1.33 bits per heavy atom. The zero-order valence-corrected chi connectivity index (χ0v) is 8.06. The van der Waals surface area contributed by atoms with Crippen molar-refractivity contribution >= 4 is 27.5 Å². The minimum atomic E-state index is -2.60. The number of aromatic nitrogens is 2. The van der Waals surface area contributed by atoms with Gasteiger partial charge in [-0.25, -0.2) is 18.7 Å². The van der Waals surface area contributed by atoms with Crippen LogP contribution >= 0.6 is 27.5 Å². The van der Waals surface area contributed by atoms with Crippen LogP contribution in [0.15, 0.2) is 17.1 Å². The van der Waals surface area contributed by atoms with Crippen molar-refractivity contribution in [2.24, 2.45) is 0 Å². The summed E-state index contributed by atoms with van der Waals surface area (Å²) in [5.74, 6) is 0. The molecule has 0 aliphatic heterocycles. The van der Waals surface area contributed by atoms with Gasteiger partial charge in [0.15, 0.2) is 4.73 Å². The van der Waals surface area contributed by atoms with Crippen molar-refractivity contribution in [3.05, 3.63) is 22.7 Å². The molecule has 1 atom stereocenters. The Bertz CT molecular complexity index is 254. The Morgan fingerprint density at radius 3 is 2.25 bits per heavy atom. The highest BCUT2D eigenvalue weighted by Crippen LogP contribution is 2.26. The average molecular weight is 257 g/mol. The lowest BCUT2D eigenvalue weighted by molar-refractivity contribution is 0.142. The summed E-state index contributed by atoms with van der Waals surface area (Å²) in [6.45, 7) is 0. The summed E-state index contributed by atoms with van der Waals surface area (Å²) >= 11 is 8.33. The van der Waals surface area contributed by atoms with Crippen molar-refractivity contribution in [3.63, 3.8) is 0 Å². The zero-order valence-electron chi connectivity index (χ0n) is 5.72. The van der Waals surface area contributed by atoms with E-state index in [1.807, 2.05) is 0 Å². The third-order valence-corrected chi connectivity index (χ3v) is 2.03. The SMILES string of the molecule is FC(F)C(Cl)c1cnc(Br)nc1. The zero-order chi connectivity index (χ0) is 9.14. The van der Waals surface area contributed by atoms with Gasteiger partial charge in [0.2, 0.25) is 0 Å². The van der Waals surface area contributed by atoms with Crippen molar-refractivity contribution < 1.29 is 8.78 Å². The highest BCUT2D eigenvalue weighted by atomic mass is 79.9. The smallest absolute Gasteiger partial charge is 0.230 e. The minimum Gasteiger partial charge on any atom is -0.230 e. The van der Waals surface area contributed by atoms with Crippen LogP contribution in [0.25, 0.3) is 0 Å². The first-order valence-electron chi connectivity index (χ1n) is 3.01. The fourth-order valence-electron chi connectivity index (χ4n) is 0.610. The lowest BCUT2D eigenvalue weighted by Crippen LogP contribution is -2.03. The minimum absolute atomic E-state index is 0.217. The lowest BCUT2D eigenvalue weighted by Gasteiger charge is -2.06. The number of hydrogen-bond donors (Lipinski definition) is 0. The molecule has 0 fully saturated rings. The second kappa shape index (κ2) is 4.09. The standard InChI is InChI=1S/C6H4BrClF2N2/c7-6-11-1-3(2-12-6)4(8)5(9)10/h1-2,4-5H. The first-order valence-corrected chi connectivity index (χ1v) is 4.24. The van der Waals surface area contributed by atoms with E-state index in [-0.39, 0.29) is 5.56 Å².